The van der Waals surface area contributed by atoms with Crippen molar-refractivity contribution in [3.05, 3.63) is 118 Å². The third-order valence-corrected chi connectivity index (χ3v) is 8.10. The number of rotatable bonds is 8. The van der Waals surface area contributed by atoms with Crippen molar-refractivity contribution in [1.29, 1.82) is 5.26 Å². The predicted molar refractivity (Wildman–Crippen MR) is 148 cm³/mol. The van der Waals surface area contributed by atoms with Crippen LogP contribution in [-0.4, -0.2) is 25.9 Å². The van der Waals surface area contributed by atoms with E-state index in [1.165, 1.54) is 12.1 Å². The summed E-state index contributed by atoms with van der Waals surface area (Å²) in [7, 11) is -3.32. The maximum Gasteiger partial charge on any atom is 0.228 e. The number of nitrogens with one attached hydrogen (secondary N) is 1. The Labute approximate surface area is 226 Å². The minimum atomic E-state index is -3.32. The molecule has 0 spiro atoms. The molecule has 0 aliphatic heterocycles. The summed E-state index contributed by atoms with van der Waals surface area (Å²) in [5.41, 5.74) is 3.65. The number of benzene rings is 4. The van der Waals surface area contributed by atoms with Gasteiger partial charge in [0.05, 0.1) is 33.7 Å². The Hall–Kier alpha value is -4.25. The van der Waals surface area contributed by atoms with Crippen molar-refractivity contribution in [2.24, 2.45) is 0 Å². The van der Waals surface area contributed by atoms with Crippen LogP contribution in [0.3, 0.4) is 0 Å². The lowest BCUT2D eigenvalue weighted by Crippen LogP contribution is -2.15. The molecular weight excluding hydrogens is 520 g/mol. The van der Waals surface area contributed by atoms with Gasteiger partial charge >= 0.3 is 0 Å². The third-order valence-electron chi connectivity index (χ3n) is 6.02. The number of hydrogen-bond acceptors (Lipinski definition) is 5. The average Bonchev–Trinajstić information content (AvgIpc) is 2.93. The lowest BCUT2D eigenvalue weighted by molar-refractivity contribution is -0.115. The molecule has 4 aromatic rings. The van der Waals surface area contributed by atoms with Gasteiger partial charge in [0.15, 0.2) is 15.6 Å². The predicted octanol–water partition coefficient (Wildman–Crippen LogP) is 6.08. The topological polar surface area (TPSA) is 104 Å². The van der Waals surface area contributed by atoms with Crippen molar-refractivity contribution in [2.75, 3.05) is 11.1 Å². The fraction of sp³-hybridized carbons (Fsp3) is 0.100. The van der Waals surface area contributed by atoms with Gasteiger partial charge in [-0.1, -0.05) is 54.9 Å². The lowest BCUT2D eigenvalue weighted by Gasteiger charge is -2.14. The molecule has 0 bridgehead atoms. The Morgan fingerprint density at radius 2 is 1.58 bits per heavy atom. The zero-order valence-corrected chi connectivity index (χ0v) is 22.0. The molecule has 0 saturated heterocycles. The number of carbonyl (C=O) groups excluding carboxylic acids is 2. The van der Waals surface area contributed by atoms with Crippen LogP contribution in [0.15, 0.2) is 95.9 Å². The van der Waals surface area contributed by atoms with E-state index < -0.39 is 9.84 Å². The Bertz CT molecular complexity index is 1660. The number of nitriles is 1. The number of halogens is 1. The van der Waals surface area contributed by atoms with Crippen molar-refractivity contribution in [3.63, 3.8) is 0 Å². The van der Waals surface area contributed by atoms with E-state index in [0.717, 1.165) is 0 Å². The third kappa shape index (κ3) is 6.00. The zero-order chi connectivity index (χ0) is 27.3. The first-order valence-electron chi connectivity index (χ1n) is 11.8. The summed E-state index contributed by atoms with van der Waals surface area (Å²) in [5.74, 6) is -0.564. The van der Waals surface area contributed by atoms with Crippen molar-refractivity contribution in [1.82, 2.24) is 0 Å². The Kier molecular flexibility index (Phi) is 8.06. The molecule has 0 radical (unpaired) electrons. The van der Waals surface area contributed by atoms with Crippen LogP contribution in [0.4, 0.5) is 5.69 Å². The quantitative estimate of drug-likeness (QED) is 0.271. The molecule has 1 amide bonds. The first kappa shape index (κ1) is 26.8. The molecule has 0 fully saturated rings. The molecule has 4 rings (SSSR count). The van der Waals surface area contributed by atoms with Crippen molar-refractivity contribution in [3.8, 4) is 17.2 Å². The number of anilines is 1. The SMILES string of the molecule is CCS(=O)(=O)c1ccc(CC(=O)Nc2ccc(C(=O)c3ccccc3Cl)c(-c3ccc(C#N)cc3)c2)cc1. The summed E-state index contributed by atoms with van der Waals surface area (Å²) < 4.78 is 24.0. The number of sulfone groups is 1. The molecule has 1 N–H and O–H groups in total. The van der Waals surface area contributed by atoms with Crippen LogP contribution >= 0.6 is 11.6 Å². The number of amides is 1. The van der Waals surface area contributed by atoms with Gasteiger partial charge in [0.1, 0.15) is 0 Å². The van der Waals surface area contributed by atoms with Gasteiger partial charge in [-0.15, -0.1) is 0 Å². The second-order valence-electron chi connectivity index (χ2n) is 8.53. The molecule has 38 heavy (non-hydrogen) atoms. The van der Waals surface area contributed by atoms with Crippen LogP contribution in [0.1, 0.15) is 34.0 Å². The zero-order valence-electron chi connectivity index (χ0n) is 20.4. The first-order valence-corrected chi connectivity index (χ1v) is 13.8. The summed E-state index contributed by atoms with van der Waals surface area (Å²) >= 11 is 6.28. The van der Waals surface area contributed by atoms with Gasteiger partial charge in [0.25, 0.3) is 0 Å². The highest BCUT2D eigenvalue weighted by molar-refractivity contribution is 7.91. The smallest absolute Gasteiger partial charge is 0.228 e. The summed E-state index contributed by atoms with van der Waals surface area (Å²) in [6.45, 7) is 1.58. The van der Waals surface area contributed by atoms with Crippen LogP contribution in [0.25, 0.3) is 11.1 Å². The maximum atomic E-state index is 13.4. The summed E-state index contributed by atoms with van der Waals surface area (Å²) in [6.07, 6.45) is 0.0406. The largest absolute Gasteiger partial charge is 0.326 e. The van der Waals surface area contributed by atoms with E-state index in [1.54, 1.807) is 85.8 Å². The monoisotopic (exact) mass is 542 g/mol. The lowest BCUT2D eigenvalue weighted by atomic mass is 9.93. The first-order chi connectivity index (χ1) is 18.2. The number of nitrogens with zero attached hydrogens (tertiary/aromatic N) is 1. The number of carbonyl (C=O) groups is 2. The fourth-order valence-corrected chi connectivity index (χ4v) is 5.05. The Morgan fingerprint density at radius 3 is 2.21 bits per heavy atom. The molecule has 0 aromatic heterocycles. The summed E-state index contributed by atoms with van der Waals surface area (Å²) in [4.78, 5) is 26.4. The maximum absolute atomic E-state index is 13.4. The molecule has 0 atom stereocenters. The van der Waals surface area contributed by atoms with Gasteiger partial charge in [-0.25, -0.2) is 8.42 Å². The minimum Gasteiger partial charge on any atom is -0.326 e. The summed E-state index contributed by atoms with van der Waals surface area (Å²) in [6, 6.07) is 26.9. The fourth-order valence-electron chi connectivity index (χ4n) is 3.95. The Balaban J connectivity index is 1.63. The van der Waals surface area contributed by atoms with Crippen LogP contribution in [0, 0.1) is 11.3 Å². The van der Waals surface area contributed by atoms with Gasteiger partial charge < -0.3 is 5.32 Å². The van der Waals surface area contributed by atoms with Crippen molar-refractivity contribution >= 4 is 38.8 Å². The van der Waals surface area contributed by atoms with E-state index in [2.05, 4.69) is 11.4 Å². The highest BCUT2D eigenvalue weighted by Gasteiger charge is 2.19. The van der Waals surface area contributed by atoms with E-state index >= 15 is 0 Å². The number of ketones is 1. The van der Waals surface area contributed by atoms with Crippen molar-refractivity contribution < 1.29 is 18.0 Å². The molecule has 0 aliphatic rings. The van der Waals surface area contributed by atoms with E-state index in [1.807, 2.05) is 0 Å². The molecule has 6 nitrogen and oxygen atoms in total. The van der Waals surface area contributed by atoms with Gasteiger partial charge in [-0.2, -0.15) is 5.26 Å². The highest BCUT2D eigenvalue weighted by atomic mass is 35.5. The molecule has 0 unspecified atom stereocenters. The molecule has 0 aliphatic carbocycles. The van der Waals surface area contributed by atoms with Crippen LogP contribution in [0.5, 0.6) is 0 Å². The van der Waals surface area contributed by atoms with Gasteiger partial charge in [0.2, 0.25) is 5.91 Å². The van der Waals surface area contributed by atoms with E-state index in [9.17, 15) is 18.0 Å². The summed E-state index contributed by atoms with van der Waals surface area (Å²) in [5, 5.41) is 12.3. The normalized spacial score (nSPS) is 11.0. The van der Waals surface area contributed by atoms with E-state index in [-0.39, 0.29) is 28.8 Å². The number of hydrogen-bond donors (Lipinski definition) is 1. The van der Waals surface area contributed by atoms with Crippen LogP contribution < -0.4 is 5.32 Å². The second-order valence-corrected chi connectivity index (χ2v) is 11.2. The van der Waals surface area contributed by atoms with Crippen molar-refractivity contribution in [2.45, 2.75) is 18.2 Å². The highest BCUT2D eigenvalue weighted by Crippen LogP contribution is 2.31. The second kappa shape index (κ2) is 11.4. The molecule has 0 saturated carbocycles. The van der Waals surface area contributed by atoms with E-state index in [0.29, 0.717) is 44.1 Å². The minimum absolute atomic E-state index is 0.00335. The molecule has 0 heterocycles. The average molecular weight is 543 g/mol. The standard InChI is InChI=1S/C30H23ClN2O4S/c1-2-38(36,37)24-14-9-20(10-15-24)17-29(34)33-23-13-16-25(30(35)26-5-3-4-6-28(26)31)27(18-23)22-11-7-21(19-32)8-12-22/h3-16,18H,2,17H2,1H3,(H,33,34). The van der Waals surface area contributed by atoms with Crippen LogP contribution in [-0.2, 0) is 21.1 Å². The molecular formula is C30H23ClN2O4S. The Morgan fingerprint density at radius 1 is 0.895 bits per heavy atom. The van der Waals surface area contributed by atoms with Crippen LogP contribution in [0.2, 0.25) is 5.02 Å². The van der Waals surface area contributed by atoms with E-state index in [4.69, 9.17) is 16.9 Å². The molecule has 190 valence electrons. The van der Waals surface area contributed by atoms with Gasteiger partial charge in [0, 0.05) is 16.8 Å². The van der Waals surface area contributed by atoms with Gasteiger partial charge in [-0.3, -0.25) is 9.59 Å². The molecule has 4 aromatic carbocycles. The van der Waals surface area contributed by atoms with Gasteiger partial charge in [-0.05, 0) is 71.3 Å². The molecule has 8 heteroatoms.